The van der Waals surface area contributed by atoms with E-state index in [1.165, 1.54) is 0 Å². The Bertz CT molecular complexity index is 743. The van der Waals surface area contributed by atoms with Crippen LogP contribution in [-0.4, -0.2) is 13.5 Å². The van der Waals surface area contributed by atoms with Crippen LogP contribution in [0.5, 0.6) is 0 Å². The first kappa shape index (κ1) is 16.0. The van der Waals surface area contributed by atoms with Gasteiger partial charge in [-0.1, -0.05) is 11.6 Å². The molecule has 108 valence electrons. The van der Waals surface area contributed by atoms with Crippen LogP contribution >= 0.6 is 45.5 Å². The van der Waals surface area contributed by atoms with E-state index in [1.54, 1.807) is 31.2 Å². The Balaban J connectivity index is 2.35. The highest BCUT2D eigenvalue weighted by Crippen LogP contribution is 2.30. The van der Waals surface area contributed by atoms with Crippen molar-refractivity contribution in [2.24, 2.45) is 0 Å². The van der Waals surface area contributed by atoms with E-state index >= 15 is 0 Å². The lowest BCUT2D eigenvalue weighted by molar-refractivity contribution is 0.285. The van der Waals surface area contributed by atoms with Gasteiger partial charge in [-0.2, -0.15) is 0 Å². The zero-order valence-corrected chi connectivity index (χ0v) is 14.9. The quantitative estimate of drug-likeness (QED) is 0.710. The summed E-state index contributed by atoms with van der Waals surface area (Å²) in [7, 11) is -3.69. The predicted octanol–water partition coefficient (Wildman–Crippen LogP) is 3.61. The molecule has 0 aliphatic carbocycles. The molecule has 0 bridgehead atoms. The van der Waals surface area contributed by atoms with E-state index in [2.05, 4.69) is 27.3 Å². The molecule has 1 heterocycles. The first-order valence-electron chi connectivity index (χ1n) is 5.51. The van der Waals surface area contributed by atoms with Crippen molar-refractivity contribution in [2.45, 2.75) is 17.7 Å². The van der Waals surface area contributed by atoms with Gasteiger partial charge >= 0.3 is 0 Å². The fourth-order valence-corrected chi connectivity index (χ4v) is 5.03. The van der Waals surface area contributed by atoms with Crippen molar-refractivity contribution in [1.82, 2.24) is 0 Å². The minimum absolute atomic E-state index is 0.161. The van der Waals surface area contributed by atoms with E-state index in [9.17, 15) is 8.42 Å². The summed E-state index contributed by atoms with van der Waals surface area (Å²) in [6.45, 7) is 1.59. The van der Waals surface area contributed by atoms with Crippen LogP contribution in [0.2, 0.25) is 5.02 Å². The second-order valence-corrected chi connectivity index (χ2v) is 8.76. The molecule has 1 aromatic carbocycles. The monoisotopic (exact) mass is 443 g/mol. The molecule has 0 spiro atoms. The maximum atomic E-state index is 12.3. The van der Waals surface area contributed by atoms with E-state index in [0.717, 1.165) is 20.5 Å². The van der Waals surface area contributed by atoms with E-state index in [-0.39, 0.29) is 10.8 Å². The van der Waals surface area contributed by atoms with Crippen molar-refractivity contribution in [1.29, 1.82) is 0 Å². The molecular formula is C12H11ClINO3S2. The summed E-state index contributed by atoms with van der Waals surface area (Å²) in [5, 5.41) is 9.48. The molecule has 0 aliphatic rings. The molecule has 0 amide bonds. The van der Waals surface area contributed by atoms with Gasteiger partial charge < -0.3 is 5.11 Å². The minimum Gasteiger partial charge on any atom is -0.391 e. The Morgan fingerprint density at radius 2 is 2.10 bits per heavy atom. The molecule has 8 heteroatoms. The molecule has 20 heavy (non-hydrogen) atoms. The fourth-order valence-electron chi connectivity index (χ4n) is 1.55. The molecule has 0 fully saturated rings. The lowest BCUT2D eigenvalue weighted by Gasteiger charge is -2.08. The van der Waals surface area contributed by atoms with Crippen molar-refractivity contribution in [3.63, 3.8) is 0 Å². The van der Waals surface area contributed by atoms with E-state index < -0.39 is 10.0 Å². The van der Waals surface area contributed by atoms with Crippen molar-refractivity contribution >= 4 is 61.2 Å². The van der Waals surface area contributed by atoms with E-state index in [0.29, 0.717) is 15.6 Å². The highest BCUT2D eigenvalue weighted by Gasteiger charge is 2.20. The Kier molecular flexibility index (Phi) is 4.96. The minimum atomic E-state index is -3.69. The summed E-state index contributed by atoms with van der Waals surface area (Å²) in [4.78, 5) is 0.638. The first-order chi connectivity index (χ1) is 9.33. The molecule has 0 radical (unpaired) electrons. The Hall–Kier alpha value is -0.350. The number of halogens is 2. The second-order valence-electron chi connectivity index (χ2n) is 4.06. The number of aliphatic hydroxyl groups excluding tert-OH is 1. The maximum Gasteiger partial charge on any atom is 0.271 e. The zero-order chi connectivity index (χ0) is 14.9. The first-order valence-corrected chi connectivity index (χ1v) is 9.27. The molecular weight excluding hydrogens is 433 g/mol. The van der Waals surface area contributed by atoms with Crippen LogP contribution in [0.1, 0.15) is 10.4 Å². The fraction of sp³-hybridized carbons (Fsp3) is 0.167. The van der Waals surface area contributed by atoms with Crippen molar-refractivity contribution in [3.8, 4) is 0 Å². The molecule has 0 saturated carbocycles. The Morgan fingerprint density at radius 1 is 1.40 bits per heavy atom. The molecule has 2 aromatic rings. The van der Waals surface area contributed by atoms with Gasteiger partial charge in [0.2, 0.25) is 0 Å². The SMILES string of the molecule is Cc1cc(S(=O)(=O)Nc2ccc(I)cc2Cl)sc1CO. The van der Waals surface area contributed by atoms with Gasteiger partial charge in [0.1, 0.15) is 4.21 Å². The normalized spacial score (nSPS) is 11.6. The zero-order valence-electron chi connectivity index (χ0n) is 10.4. The van der Waals surface area contributed by atoms with Crippen molar-refractivity contribution in [2.75, 3.05) is 4.72 Å². The second kappa shape index (κ2) is 6.18. The van der Waals surface area contributed by atoms with Gasteiger partial charge in [-0.15, -0.1) is 11.3 Å². The van der Waals surface area contributed by atoms with E-state index in [4.69, 9.17) is 16.7 Å². The molecule has 0 saturated heterocycles. The number of rotatable bonds is 4. The Morgan fingerprint density at radius 3 is 2.65 bits per heavy atom. The van der Waals surface area contributed by atoms with Crippen LogP contribution in [-0.2, 0) is 16.6 Å². The number of aliphatic hydroxyl groups is 1. The number of thiophene rings is 1. The van der Waals surface area contributed by atoms with Crippen LogP contribution < -0.4 is 4.72 Å². The molecule has 0 unspecified atom stereocenters. The summed E-state index contributed by atoms with van der Waals surface area (Å²) in [6, 6.07) is 6.61. The van der Waals surface area contributed by atoms with Gasteiger partial charge in [0.15, 0.2) is 0 Å². The number of sulfonamides is 1. The molecule has 0 atom stereocenters. The third kappa shape index (κ3) is 3.45. The van der Waals surface area contributed by atoms with E-state index in [1.807, 2.05) is 0 Å². The molecule has 2 rings (SSSR count). The Labute approximate surface area is 140 Å². The molecule has 4 nitrogen and oxygen atoms in total. The average molecular weight is 444 g/mol. The highest BCUT2D eigenvalue weighted by molar-refractivity contribution is 14.1. The van der Waals surface area contributed by atoms with Crippen molar-refractivity contribution < 1.29 is 13.5 Å². The molecule has 1 aromatic heterocycles. The van der Waals surface area contributed by atoms with Crippen LogP contribution in [0, 0.1) is 10.5 Å². The average Bonchev–Trinajstić information content (AvgIpc) is 2.75. The number of hydrogen-bond donors (Lipinski definition) is 2. The van der Waals surface area contributed by atoms with Crippen LogP contribution in [0.4, 0.5) is 5.69 Å². The summed E-state index contributed by atoms with van der Waals surface area (Å²) in [6.07, 6.45) is 0. The highest BCUT2D eigenvalue weighted by atomic mass is 127. The summed E-state index contributed by atoms with van der Waals surface area (Å²) in [5.41, 5.74) is 1.09. The van der Waals surface area contributed by atoms with Gasteiger partial charge in [-0.05, 0) is 59.3 Å². The van der Waals surface area contributed by atoms with Gasteiger partial charge in [0, 0.05) is 8.45 Å². The smallest absolute Gasteiger partial charge is 0.271 e. The van der Waals surface area contributed by atoms with Gasteiger partial charge in [-0.25, -0.2) is 8.42 Å². The van der Waals surface area contributed by atoms with Crippen molar-refractivity contribution in [3.05, 3.63) is 43.3 Å². The molecule has 0 aliphatic heterocycles. The topological polar surface area (TPSA) is 66.4 Å². The van der Waals surface area contributed by atoms with Crippen LogP contribution in [0.15, 0.2) is 28.5 Å². The number of aryl methyl sites for hydroxylation is 1. The number of anilines is 1. The standard InChI is InChI=1S/C12H11ClINO3S2/c1-7-4-12(19-11(7)6-16)20(17,18)15-10-3-2-8(14)5-9(10)13/h2-5,15-16H,6H2,1H3. The maximum absolute atomic E-state index is 12.3. The number of hydrogen-bond acceptors (Lipinski definition) is 4. The summed E-state index contributed by atoms with van der Waals surface area (Å²) < 4.78 is 28.1. The number of benzene rings is 1. The van der Waals surface area contributed by atoms with Crippen LogP contribution in [0.25, 0.3) is 0 Å². The third-order valence-electron chi connectivity index (χ3n) is 2.58. The van der Waals surface area contributed by atoms with Gasteiger partial charge in [0.25, 0.3) is 10.0 Å². The lowest BCUT2D eigenvalue weighted by Crippen LogP contribution is -2.11. The molecule has 2 N–H and O–H groups in total. The van der Waals surface area contributed by atoms with Crippen LogP contribution in [0.3, 0.4) is 0 Å². The largest absolute Gasteiger partial charge is 0.391 e. The van der Waals surface area contributed by atoms with Gasteiger partial charge in [-0.3, -0.25) is 4.72 Å². The lowest BCUT2D eigenvalue weighted by atomic mass is 10.3. The summed E-state index contributed by atoms with van der Waals surface area (Å²) >= 11 is 9.16. The summed E-state index contributed by atoms with van der Waals surface area (Å²) in [5.74, 6) is 0. The third-order valence-corrected chi connectivity index (χ3v) is 6.63. The van der Waals surface area contributed by atoms with Gasteiger partial charge in [0.05, 0.1) is 17.3 Å². The number of nitrogens with one attached hydrogen (secondary N) is 1. The predicted molar refractivity (Wildman–Crippen MR) is 90.0 cm³/mol.